The number of aromatic nitrogens is 3. The molecule has 0 aromatic carbocycles. The molecule has 0 saturated heterocycles. The molecule has 0 radical (unpaired) electrons. The first-order valence-electron chi connectivity index (χ1n) is 5.97. The molecule has 1 heterocycles. The highest BCUT2D eigenvalue weighted by atomic mass is 32.1. The zero-order valence-corrected chi connectivity index (χ0v) is 10.5. The van der Waals surface area contributed by atoms with E-state index >= 15 is 0 Å². The lowest BCUT2D eigenvalue weighted by atomic mass is 9.82. The summed E-state index contributed by atoms with van der Waals surface area (Å²) in [6.45, 7) is 3.10. The third kappa shape index (κ3) is 2.09. The van der Waals surface area contributed by atoms with Crippen LogP contribution in [0.1, 0.15) is 56.3 Å². The van der Waals surface area contributed by atoms with E-state index in [0.717, 1.165) is 25.1 Å². The van der Waals surface area contributed by atoms with Crippen molar-refractivity contribution in [1.29, 1.82) is 0 Å². The number of aryl methyl sites for hydroxylation is 1. The summed E-state index contributed by atoms with van der Waals surface area (Å²) in [6.07, 6.45) is 6.01. The van der Waals surface area contributed by atoms with E-state index in [1.165, 1.54) is 25.0 Å². The molecule has 0 aliphatic heterocycles. The van der Waals surface area contributed by atoms with Gasteiger partial charge >= 0.3 is 0 Å². The fourth-order valence-corrected chi connectivity index (χ4v) is 2.20. The van der Waals surface area contributed by atoms with Crippen LogP contribution in [0.4, 0.5) is 0 Å². The molecule has 0 unspecified atom stereocenters. The van der Waals surface area contributed by atoms with E-state index < -0.39 is 0 Å². The average Bonchev–Trinajstić information content (AvgIpc) is 2.56. The maximum absolute atomic E-state index is 5.69. The second-order valence-electron chi connectivity index (χ2n) is 4.39. The second-order valence-corrected chi connectivity index (χ2v) is 4.83. The minimum atomic E-state index is 0.379. The molecule has 0 atom stereocenters. The largest absolute Gasteiger partial charge is 0.388 e. The van der Waals surface area contributed by atoms with Gasteiger partial charge in [-0.15, -0.1) is 5.10 Å². The van der Waals surface area contributed by atoms with Gasteiger partial charge in [0.25, 0.3) is 0 Å². The average molecular weight is 238 g/mol. The number of rotatable bonds is 5. The second kappa shape index (κ2) is 4.91. The van der Waals surface area contributed by atoms with Crippen LogP contribution in [0.3, 0.4) is 0 Å². The topological polar surface area (TPSA) is 56.7 Å². The summed E-state index contributed by atoms with van der Waals surface area (Å²) in [4.78, 5) is 0.379. The van der Waals surface area contributed by atoms with Gasteiger partial charge in [0.2, 0.25) is 0 Å². The lowest BCUT2D eigenvalue weighted by molar-refractivity contribution is 0.384. The Morgan fingerprint density at radius 2 is 2.31 bits per heavy atom. The molecule has 0 spiro atoms. The van der Waals surface area contributed by atoms with E-state index in [0.29, 0.717) is 10.9 Å². The molecule has 1 aromatic heterocycles. The number of nitrogens with two attached hydrogens (primary N) is 1. The molecule has 16 heavy (non-hydrogen) atoms. The Morgan fingerprint density at radius 1 is 1.56 bits per heavy atom. The molecular formula is C11H18N4S. The summed E-state index contributed by atoms with van der Waals surface area (Å²) < 4.78 is 2.00. The third-order valence-electron chi connectivity index (χ3n) is 3.22. The van der Waals surface area contributed by atoms with Gasteiger partial charge in [0.05, 0.1) is 5.69 Å². The number of hydrogen-bond donors (Lipinski definition) is 1. The van der Waals surface area contributed by atoms with Gasteiger partial charge in [0.15, 0.2) is 0 Å². The van der Waals surface area contributed by atoms with Gasteiger partial charge in [-0.1, -0.05) is 37.2 Å². The monoisotopic (exact) mass is 238 g/mol. The molecule has 1 aromatic rings. The molecule has 4 nitrogen and oxygen atoms in total. The van der Waals surface area contributed by atoms with E-state index in [1.807, 2.05) is 4.68 Å². The van der Waals surface area contributed by atoms with Crippen LogP contribution < -0.4 is 5.73 Å². The van der Waals surface area contributed by atoms with Gasteiger partial charge in [-0.05, 0) is 19.3 Å². The first-order chi connectivity index (χ1) is 7.74. The van der Waals surface area contributed by atoms with Crippen LogP contribution in [0.25, 0.3) is 0 Å². The Labute approximate surface area is 101 Å². The molecule has 1 aliphatic rings. The number of thiocarbonyl (C=S) groups is 1. The molecule has 1 saturated carbocycles. The number of unbranched alkanes of at least 4 members (excludes halogenated alkanes) is 1. The van der Waals surface area contributed by atoms with Crippen molar-refractivity contribution in [2.75, 3.05) is 0 Å². The van der Waals surface area contributed by atoms with Crippen molar-refractivity contribution >= 4 is 17.2 Å². The van der Waals surface area contributed by atoms with E-state index in [4.69, 9.17) is 18.0 Å². The summed E-state index contributed by atoms with van der Waals surface area (Å²) in [5.74, 6) is 0.573. The van der Waals surface area contributed by atoms with Crippen LogP contribution in [0.2, 0.25) is 0 Å². The Kier molecular flexibility index (Phi) is 3.53. The SMILES string of the molecule is CCCCn1nnc(C(N)=S)c1C1CCC1. The zero-order valence-electron chi connectivity index (χ0n) is 9.65. The van der Waals surface area contributed by atoms with Crippen molar-refractivity contribution in [2.45, 2.75) is 51.5 Å². The first-order valence-corrected chi connectivity index (χ1v) is 6.38. The van der Waals surface area contributed by atoms with Crippen molar-refractivity contribution in [1.82, 2.24) is 15.0 Å². The lowest BCUT2D eigenvalue weighted by Gasteiger charge is -2.26. The van der Waals surface area contributed by atoms with Gasteiger partial charge in [-0.25, -0.2) is 4.68 Å². The molecule has 5 heteroatoms. The Morgan fingerprint density at radius 3 is 2.81 bits per heavy atom. The Hall–Kier alpha value is -0.970. The standard InChI is InChI=1S/C11H18N4S/c1-2-3-7-15-10(8-5-4-6-8)9(11(12)16)13-14-15/h8H,2-7H2,1H3,(H2,12,16). The minimum Gasteiger partial charge on any atom is -0.388 e. The highest BCUT2D eigenvalue weighted by Crippen LogP contribution is 2.37. The normalized spacial score (nSPS) is 16.1. The maximum atomic E-state index is 5.69. The summed E-state index contributed by atoms with van der Waals surface area (Å²) in [6, 6.07) is 0. The van der Waals surface area contributed by atoms with Crippen LogP contribution in [-0.2, 0) is 6.54 Å². The summed E-state index contributed by atoms with van der Waals surface area (Å²) >= 11 is 5.03. The summed E-state index contributed by atoms with van der Waals surface area (Å²) in [5, 5.41) is 8.30. The van der Waals surface area contributed by atoms with Gasteiger partial charge in [0.1, 0.15) is 10.7 Å². The molecule has 2 rings (SSSR count). The van der Waals surface area contributed by atoms with E-state index in [-0.39, 0.29) is 0 Å². The Bertz CT molecular complexity index is 381. The molecular weight excluding hydrogens is 220 g/mol. The predicted octanol–water partition coefficient (Wildman–Crippen LogP) is 1.98. The summed E-state index contributed by atoms with van der Waals surface area (Å²) in [5.41, 5.74) is 7.61. The van der Waals surface area contributed by atoms with Gasteiger partial charge in [-0.3, -0.25) is 0 Å². The fourth-order valence-electron chi connectivity index (χ4n) is 2.05. The highest BCUT2D eigenvalue weighted by Gasteiger charge is 2.28. The lowest BCUT2D eigenvalue weighted by Crippen LogP contribution is -2.20. The molecule has 2 N–H and O–H groups in total. The van der Waals surface area contributed by atoms with Crippen LogP contribution in [0.15, 0.2) is 0 Å². The van der Waals surface area contributed by atoms with Gasteiger partial charge in [0, 0.05) is 12.5 Å². The number of hydrogen-bond acceptors (Lipinski definition) is 3. The summed E-state index contributed by atoms with van der Waals surface area (Å²) in [7, 11) is 0. The number of nitrogens with zero attached hydrogens (tertiary/aromatic N) is 3. The quantitative estimate of drug-likeness (QED) is 0.797. The van der Waals surface area contributed by atoms with Crippen molar-refractivity contribution in [3.05, 3.63) is 11.4 Å². The van der Waals surface area contributed by atoms with Gasteiger partial charge < -0.3 is 5.73 Å². The van der Waals surface area contributed by atoms with Crippen molar-refractivity contribution in [3.8, 4) is 0 Å². The minimum absolute atomic E-state index is 0.379. The van der Waals surface area contributed by atoms with Gasteiger partial charge in [-0.2, -0.15) is 0 Å². The molecule has 0 amide bonds. The van der Waals surface area contributed by atoms with Crippen molar-refractivity contribution < 1.29 is 0 Å². The van der Waals surface area contributed by atoms with Crippen LogP contribution in [0, 0.1) is 0 Å². The molecule has 0 bridgehead atoms. The Balaban J connectivity index is 2.25. The fraction of sp³-hybridized carbons (Fsp3) is 0.727. The first kappa shape index (κ1) is 11.5. The van der Waals surface area contributed by atoms with Crippen molar-refractivity contribution in [2.24, 2.45) is 5.73 Å². The predicted molar refractivity (Wildman–Crippen MR) is 67.4 cm³/mol. The van der Waals surface area contributed by atoms with E-state index in [1.54, 1.807) is 0 Å². The van der Waals surface area contributed by atoms with Crippen LogP contribution in [-0.4, -0.2) is 20.0 Å². The molecule has 88 valence electrons. The third-order valence-corrected chi connectivity index (χ3v) is 3.42. The van der Waals surface area contributed by atoms with E-state index in [9.17, 15) is 0 Å². The highest BCUT2D eigenvalue weighted by molar-refractivity contribution is 7.80. The van der Waals surface area contributed by atoms with Crippen molar-refractivity contribution in [3.63, 3.8) is 0 Å². The maximum Gasteiger partial charge on any atom is 0.143 e. The van der Waals surface area contributed by atoms with Crippen LogP contribution >= 0.6 is 12.2 Å². The van der Waals surface area contributed by atoms with Crippen LogP contribution in [0.5, 0.6) is 0 Å². The molecule has 1 aliphatic carbocycles. The van der Waals surface area contributed by atoms with E-state index in [2.05, 4.69) is 17.2 Å². The smallest absolute Gasteiger partial charge is 0.143 e. The molecule has 1 fully saturated rings. The zero-order chi connectivity index (χ0) is 11.5.